The van der Waals surface area contributed by atoms with Gasteiger partial charge in [-0.05, 0) is 54.6 Å². The Hall–Kier alpha value is -4.65. The monoisotopic (exact) mass is 414 g/mol. The molecule has 0 amide bonds. The molecule has 0 aliphatic rings. The van der Waals surface area contributed by atoms with Crippen LogP contribution in [0.5, 0.6) is 0 Å². The molecular formula is C25H14N6O. The molecule has 32 heavy (non-hydrogen) atoms. The number of rotatable bonds is 0. The Morgan fingerprint density at radius 1 is 0.656 bits per heavy atom. The van der Waals surface area contributed by atoms with Gasteiger partial charge in [0.2, 0.25) is 0 Å². The number of nitrogens with one attached hydrogen (secondary N) is 1. The van der Waals surface area contributed by atoms with Crippen LogP contribution in [0.2, 0.25) is 0 Å². The molecule has 7 rings (SSSR count). The van der Waals surface area contributed by atoms with Crippen LogP contribution in [0.15, 0.2) is 71.8 Å². The van der Waals surface area contributed by atoms with Gasteiger partial charge in [-0.15, -0.1) is 0 Å². The first-order valence-electron chi connectivity index (χ1n) is 10.2. The second-order valence-corrected chi connectivity index (χ2v) is 7.82. The van der Waals surface area contributed by atoms with E-state index in [9.17, 15) is 4.79 Å². The lowest BCUT2D eigenvalue weighted by Crippen LogP contribution is -2.01. The number of fused-ring (bicyclic) bond motifs is 10. The summed E-state index contributed by atoms with van der Waals surface area (Å²) in [5, 5.41) is 3.30. The maximum Gasteiger partial charge on any atom is 0.179 e. The number of aromatic nitrogens is 5. The number of H-pyrrole nitrogens is 1. The van der Waals surface area contributed by atoms with Gasteiger partial charge in [-0.1, -0.05) is 0 Å². The second kappa shape index (κ2) is 5.95. The highest BCUT2D eigenvalue weighted by Gasteiger charge is 2.16. The summed E-state index contributed by atoms with van der Waals surface area (Å²) >= 11 is 0. The summed E-state index contributed by atoms with van der Waals surface area (Å²) in [6.07, 6.45) is 3.54. The van der Waals surface area contributed by atoms with Gasteiger partial charge < -0.3 is 10.7 Å². The van der Waals surface area contributed by atoms with Crippen LogP contribution in [-0.2, 0) is 0 Å². The minimum Gasteiger partial charge on any atom is -0.398 e. The number of benzene rings is 3. The molecule has 0 aliphatic carbocycles. The van der Waals surface area contributed by atoms with Crippen molar-refractivity contribution in [3.05, 3.63) is 77.2 Å². The average Bonchev–Trinajstić information content (AvgIpc) is 2.84. The molecule has 0 spiro atoms. The third kappa shape index (κ3) is 2.16. The molecule has 0 atom stereocenters. The van der Waals surface area contributed by atoms with Crippen LogP contribution in [0.3, 0.4) is 0 Å². The van der Waals surface area contributed by atoms with Gasteiger partial charge in [0.15, 0.2) is 5.43 Å². The number of aromatic amines is 1. The third-order valence-corrected chi connectivity index (χ3v) is 6.02. The molecule has 3 aromatic carbocycles. The molecule has 3 N–H and O–H groups in total. The predicted molar refractivity (Wildman–Crippen MR) is 128 cm³/mol. The first-order chi connectivity index (χ1) is 15.7. The van der Waals surface area contributed by atoms with Crippen molar-refractivity contribution in [1.82, 2.24) is 24.9 Å². The lowest BCUT2D eigenvalue weighted by Gasteiger charge is -2.12. The van der Waals surface area contributed by atoms with Crippen molar-refractivity contribution >= 4 is 71.4 Å². The fraction of sp³-hybridized carbons (Fsp3) is 0. The van der Waals surface area contributed by atoms with E-state index in [1.165, 1.54) is 12.1 Å². The van der Waals surface area contributed by atoms with Crippen LogP contribution in [-0.4, -0.2) is 24.9 Å². The highest BCUT2D eigenvalue weighted by Crippen LogP contribution is 2.35. The maximum atomic E-state index is 11.9. The first-order valence-corrected chi connectivity index (χ1v) is 10.2. The van der Waals surface area contributed by atoms with Crippen LogP contribution < -0.4 is 11.2 Å². The standard InChI is InChI=1S/C25H14N6O/c26-19-13-6-8-18-25(22(13)29-17-7-5-12(32)11-16(17)19)31-24-15-4-2-10-28-21(15)20-14(23(24)30-18)3-1-9-27-20/h1-11,31H,26H2. The molecule has 150 valence electrons. The summed E-state index contributed by atoms with van der Waals surface area (Å²) in [5.74, 6) is 0. The van der Waals surface area contributed by atoms with Gasteiger partial charge in [0.1, 0.15) is 0 Å². The topological polar surface area (TPSA) is 110 Å². The number of hydrogen-bond acceptors (Lipinski definition) is 6. The summed E-state index contributed by atoms with van der Waals surface area (Å²) < 4.78 is 0. The van der Waals surface area contributed by atoms with E-state index in [0.29, 0.717) is 22.1 Å². The molecule has 0 fully saturated rings. The first kappa shape index (κ1) is 17.1. The van der Waals surface area contributed by atoms with Crippen LogP contribution in [0.25, 0.3) is 65.7 Å². The Morgan fingerprint density at radius 2 is 1.34 bits per heavy atom. The molecule has 7 heteroatoms. The number of hydrogen-bond donors (Lipinski definition) is 2. The van der Waals surface area contributed by atoms with Gasteiger partial charge >= 0.3 is 0 Å². The Morgan fingerprint density at radius 3 is 2.19 bits per heavy atom. The summed E-state index contributed by atoms with van der Waals surface area (Å²) in [5.41, 5.74) is 13.2. The van der Waals surface area contributed by atoms with Gasteiger partial charge in [-0.2, -0.15) is 0 Å². The van der Waals surface area contributed by atoms with Crippen molar-refractivity contribution in [1.29, 1.82) is 0 Å². The van der Waals surface area contributed by atoms with Crippen molar-refractivity contribution in [3.63, 3.8) is 0 Å². The zero-order valence-corrected chi connectivity index (χ0v) is 16.6. The van der Waals surface area contributed by atoms with E-state index in [0.717, 1.165) is 49.3 Å². The van der Waals surface area contributed by atoms with E-state index in [1.54, 1.807) is 18.5 Å². The van der Waals surface area contributed by atoms with E-state index in [4.69, 9.17) is 15.7 Å². The number of nitrogens with zero attached hydrogens (tertiary/aromatic N) is 4. The molecule has 0 unspecified atom stereocenters. The average molecular weight is 414 g/mol. The fourth-order valence-corrected chi connectivity index (χ4v) is 4.56. The number of nitrogens with two attached hydrogens (primary N) is 1. The van der Waals surface area contributed by atoms with Crippen molar-refractivity contribution < 1.29 is 0 Å². The molecule has 0 radical (unpaired) electrons. The highest BCUT2D eigenvalue weighted by molar-refractivity contribution is 6.22. The molecule has 0 aliphatic heterocycles. The van der Waals surface area contributed by atoms with E-state index >= 15 is 0 Å². The second-order valence-electron chi connectivity index (χ2n) is 7.82. The predicted octanol–water partition coefficient (Wildman–Crippen LogP) is 4.46. The van der Waals surface area contributed by atoms with Gasteiger partial charge in [0, 0.05) is 33.9 Å². The summed E-state index contributed by atoms with van der Waals surface area (Å²) in [6.45, 7) is 0. The molecule has 4 heterocycles. The van der Waals surface area contributed by atoms with Gasteiger partial charge in [0.25, 0.3) is 0 Å². The Bertz CT molecular complexity index is 1980. The SMILES string of the molecule is Nc1c2cc(=O)ccc2nc2c1ccc1nc3c4cccnc4c4ncccc4c3[nH]c12. The van der Waals surface area contributed by atoms with E-state index in [1.807, 2.05) is 36.4 Å². The molecular weight excluding hydrogens is 400 g/mol. The highest BCUT2D eigenvalue weighted by atomic mass is 16.1. The third-order valence-electron chi connectivity index (χ3n) is 6.02. The lowest BCUT2D eigenvalue weighted by molar-refractivity contribution is 1.36. The zero-order chi connectivity index (χ0) is 21.4. The van der Waals surface area contributed by atoms with Crippen molar-refractivity contribution in [2.75, 3.05) is 5.73 Å². The Kier molecular flexibility index (Phi) is 3.17. The zero-order valence-electron chi connectivity index (χ0n) is 16.6. The summed E-state index contributed by atoms with van der Waals surface area (Å²) in [4.78, 5) is 34.4. The quantitative estimate of drug-likeness (QED) is 0.280. The maximum absolute atomic E-state index is 11.9. The summed E-state index contributed by atoms with van der Waals surface area (Å²) in [6, 6.07) is 16.4. The number of nitrogen functional groups attached to an aromatic ring is 1. The number of anilines is 1. The van der Waals surface area contributed by atoms with Gasteiger partial charge in [-0.25, -0.2) is 9.97 Å². The Balaban J connectivity index is 1.74. The molecule has 7 nitrogen and oxygen atoms in total. The number of pyridine rings is 3. The summed E-state index contributed by atoms with van der Waals surface area (Å²) in [7, 11) is 0. The molecule has 7 aromatic rings. The molecule has 0 bridgehead atoms. The molecule has 0 saturated heterocycles. The van der Waals surface area contributed by atoms with Crippen molar-refractivity contribution in [2.45, 2.75) is 0 Å². The fourth-order valence-electron chi connectivity index (χ4n) is 4.56. The van der Waals surface area contributed by atoms with E-state index < -0.39 is 0 Å². The molecule has 4 aromatic heterocycles. The van der Waals surface area contributed by atoms with Crippen molar-refractivity contribution in [3.8, 4) is 0 Å². The Labute approximate surface area is 179 Å². The minimum absolute atomic E-state index is 0.0928. The van der Waals surface area contributed by atoms with Crippen LogP contribution in [0.4, 0.5) is 5.69 Å². The van der Waals surface area contributed by atoms with Crippen LogP contribution >= 0.6 is 0 Å². The van der Waals surface area contributed by atoms with E-state index in [2.05, 4.69) is 15.0 Å². The lowest BCUT2D eigenvalue weighted by atomic mass is 10.0. The molecule has 0 saturated carbocycles. The normalized spacial score (nSPS) is 12.0. The van der Waals surface area contributed by atoms with Crippen LogP contribution in [0, 0.1) is 0 Å². The van der Waals surface area contributed by atoms with Crippen LogP contribution in [0.1, 0.15) is 0 Å². The smallest absolute Gasteiger partial charge is 0.179 e. The minimum atomic E-state index is -0.0928. The van der Waals surface area contributed by atoms with E-state index in [-0.39, 0.29) is 5.43 Å². The van der Waals surface area contributed by atoms with Gasteiger partial charge in [-0.3, -0.25) is 14.8 Å². The largest absolute Gasteiger partial charge is 0.398 e. The van der Waals surface area contributed by atoms with Gasteiger partial charge in [0.05, 0.1) is 49.8 Å². The van der Waals surface area contributed by atoms with Crippen molar-refractivity contribution in [2.24, 2.45) is 0 Å².